The van der Waals surface area contributed by atoms with Crippen LogP contribution in [0.5, 0.6) is 5.88 Å². The summed E-state index contributed by atoms with van der Waals surface area (Å²) in [6.07, 6.45) is 1.58. The molecule has 0 aromatic carbocycles. The number of aromatic hydroxyl groups is 1. The van der Waals surface area contributed by atoms with E-state index in [2.05, 4.69) is 15.0 Å². The van der Waals surface area contributed by atoms with Gasteiger partial charge in [-0.25, -0.2) is 9.97 Å². The van der Waals surface area contributed by atoms with Crippen LogP contribution in [0.4, 0.5) is 0 Å². The van der Waals surface area contributed by atoms with E-state index in [4.69, 9.17) is 11.6 Å². The van der Waals surface area contributed by atoms with E-state index in [1.54, 1.807) is 18.3 Å². The Labute approximate surface area is 106 Å². The van der Waals surface area contributed by atoms with Gasteiger partial charge >= 0.3 is 0 Å². The van der Waals surface area contributed by atoms with Crippen LogP contribution in [0, 0.1) is 0 Å². The molecule has 0 aliphatic heterocycles. The molecule has 3 aromatic heterocycles. The van der Waals surface area contributed by atoms with Gasteiger partial charge in [0.25, 0.3) is 0 Å². The van der Waals surface area contributed by atoms with Crippen LogP contribution >= 0.6 is 22.9 Å². The fraction of sp³-hybridized carbons (Fsp3) is 0. The molecule has 0 bridgehead atoms. The van der Waals surface area contributed by atoms with E-state index in [0.29, 0.717) is 15.7 Å². The Morgan fingerprint density at radius 1 is 1.18 bits per heavy atom. The average Bonchev–Trinajstić information content (AvgIpc) is 2.78. The number of thiophene rings is 1. The lowest BCUT2D eigenvalue weighted by atomic mass is 10.2. The lowest BCUT2D eigenvalue weighted by Crippen LogP contribution is -1.90. The average molecular weight is 264 g/mol. The van der Waals surface area contributed by atoms with Gasteiger partial charge < -0.3 is 5.11 Å². The van der Waals surface area contributed by atoms with Crippen LogP contribution in [0.3, 0.4) is 0 Å². The monoisotopic (exact) mass is 263 g/mol. The Morgan fingerprint density at radius 3 is 2.82 bits per heavy atom. The molecule has 6 heteroatoms. The van der Waals surface area contributed by atoms with Gasteiger partial charge in [0.05, 0.1) is 5.52 Å². The van der Waals surface area contributed by atoms with Crippen molar-refractivity contribution in [1.29, 1.82) is 0 Å². The number of fused-ring (bicyclic) bond motifs is 1. The summed E-state index contributed by atoms with van der Waals surface area (Å²) in [7, 11) is 0. The Bertz CT molecular complexity index is 681. The van der Waals surface area contributed by atoms with Crippen LogP contribution in [0.2, 0.25) is 5.15 Å². The summed E-state index contributed by atoms with van der Waals surface area (Å²) in [4.78, 5) is 12.4. The number of hydrogen-bond donors (Lipinski definition) is 1. The van der Waals surface area contributed by atoms with Gasteiger partial charge in [-0.3, -0.25) is 0 Å². The molecule has 3 heterocycles. The van der Waals surface area contributed by atoms with E-state index in [-0.39, 0.29) is 5.88 Å². The first-order valence-electron chi connectivity index (χ1n) is 4.80. The van der Waals surface area contributed by atoms with Crippen molar-refractivity contribution < 1.29 is 5.11 Å². The number of pyridine rings is 1. The lowest BCUT2D eigenvalue weighted by molar-refractivity contribution is 0.461. The number of aromatic nitrogens is 3. The highest BCUT2D eigenvalue weighted by Gasteiger charge is 2.09. The largest absolute Gasteiger partial charge is 0.492 e. The third-order valence-corrected chi connectivity index (χ3v) is 3.39. The minimum absolute atomic E-state index is 0.00468. The molecule has 3 rings (SSSR count). The van der Waals surface area contributed by atoms with Crippen molar-refractivity contribution in [3.05, 3.63) is 34.9 Å². The van der Waals surface area contributed by atoms with Crippen molar-refractivity contribution >= 4 is 33.2 Å². The highest BCUT2D eigenvalue weighted by Crippen LogP contribution is 2.29. The fourth-order valence-electron chi connectivity index (χ4n) is 1.49. The summed E-state index contributed by atoms with van der Waals surface area (Å²) < 4.78 is 0.690. The van der Waals surface area contributed by atoms with Crippen LogP contribution in [0.25, 0.3) is 21.6 Å². The first-order chi connectivity index (χ1) is 8.24. The van der Waals surface area contributed by atoms with Gasteiger partial charge in [-0.05, 0) is 23.6 Å². The molecule has 0 amide bonds. The van der Waals surface area contributed by atoms with Crippen LogP contribution < -0.4 is 0 Å². The molecule has 17 heavy (non-hydrogen) atoms. The lowest BCUT2D eigenvalue weighted by Gasteiger charge is -2.01. The Morgan fingerprint density at radius 2 is 2.06 bits per heavy atom. The molecule has 84 valence electrons. The summed E-state index contributed by atoms with van der Waals surface area (Å²) in [6, 6.07) is 5.27. The first-order valence-corrected chi connectivity index (χ1v) is 6.06. The fourth-order valence-corrected chi connectivity index (χ4v) is 2.32. The number of hydrogen-bond acceptors (Lipinski definition) is 5. The Hall–Kier alpha value is -1.72. The van der Waals surface area contributed by atoms with Crippen LogP contribution in [-0.4, -0.2) is 20.1 Å². The summed E-state index contributed by atoms with van der Waals surface area (Å²) in [5.41, 5.74) is 1.45. The Balaban J connectivity index is 2.20. The van der Waals surface area contributed by atoms with Crippen molar-refractivity contribution in [1.82, 2.24) is 15.0 Å². The zero-order valence-electron chi connectivity index (χ0n) is 8.46. The highest BCUT2D eigenvalue weighted by atomic mass is 35.5. The minimum atomic E-state index is -0.00468. The molecule has 0 saturated carbocycles. The molecule has 0 spiro atoms. The van der Waals surface area contributed by atoms with Crippen molar-refractivity contribution in [2.24, 2.45) is 0 Å². The third-order valence-electron chi connectivity index (χ3n) is 2.27. The second-order valence-electron chi connectivity index (χ2n) is 3.38. The molecule has 4 nitrogen and oxygen atoms in total. The molecule has 1 N–H and O–H groups in total. The van der Waals surface area contributed by atoms with Gasteiger partial charge in [-0.1, -0.05) is 11.6 Å². The summed E-state index contributed by atoms with van der Waals surface area (Å²) in [5.74, 6) is 0.438. The second kappa shape index (κ2) is 3.94. The van der Waals surface area contributed by atoms with E-state index in [1.165, 1.54) is 11.3 Å². The van der Waals surface area contributed by atoms with Gasteiger partial charge in [0, 0.05) is 11.8 Å². The maximum absolute atomic E-state index is 9.77. The SMILES string of the molecule is Oc1nc(-c2ccc(Cl)nc2)nc2ccsc12. The zero-order chi connectivity index (χ0) is 11.8. The smallest absolute Gasteiger partial charge is 0.232 e. The summed E-state index contributed by atoms with van der Waals surface area (Å²) in [5, 5.41) is 12.0. The van der Waals surface area contributed by atoms with Crippen LogP contribution in [0.15, 0.2) is 29.8 Å². The first kappa shape index (κ1) is 10.4. The van der Waals surface area contributed by atoms with E-state index >= 15 is 0 Å². The molecular formula is C11H6ClN3OS. The molecular weight excluding hydrogens is 258 g/mol. The summed E-state index contributed by atoms with van der Waals surface area (Å²) >= 11 is 7.12. The highest BCUT2D eigenvalue weighted by molar-refractivity contribution is 7.17. The van der Waals surface area contributed by atoms with Crippen molar-refractivity contribution in [2.45, 2.75) is 0 Å². The van der Waals surface area contributed by atoms with Crippen molar-refractivity contribution in [3.8, 4) is 17.3 Å². The molecule has 0 saturated heterocycles. The van der Waals surface area contributed by atoms with E-state index in [0.717, 1.165) is 11.1 Å². The van der Waals surface area contributed by atoms with Crippen LogP contribution in [0.1, 0.15) is 0 Å². The van der Waals surface area contributed by atoms with E-state index in [1.807, 2.05) is 11.4 Å². The number of halogens is 1. The van der Waals surface area contributed by atoms with Crippen molar-refractivity contribution in [2.75, 3.05) is 0 Å². The molecule has 0 radical (unpaired) electrons. The van der Waals surface area contributed by atoms with Crippen LogP contribution in [-0.2, 0) is 0 Å². The standard InChI is InChI=1S/C11H6ClN3OS/c12-8-2-1-6(5-13-8)10-14-7-3-4-17-9(7)11(16)15-10/h1-5H,(H,14,15,16). The molecule has 3 aromatic rings. The minimum Gasteiger partial charge on any atom is -0.492 e. The predicted octanol–water partition coefficient (Wildman–Crippen LogP) is 3.11. The second-order valence-corrected chi connectivity index (χ2v) is 4.68. The summed E-state index contributed by atoms with van der Waals surface area (Å²) in [6.45, 7) is 0. The van der Waals surface area contributed by atoms with Gasteiger partial charge in [0.1, 0.15) is 9.85 Å². The van der Waals surface area contributed by atoms with Gasteiger partial charge in [0.2, 0.25) is 5.88 Å². The normalized spacial score (nSPS) is 10.9. The predicted molar refractivity (Wildman–Crippen MR) is 67.3 cm³/mol. The Kier molecular flexibility index (Phi) is 2.42. The molecule has 0 aliphatic carbocycles. The number of rotatable bonds is 1. The molecule has 0 fully saturated rings. The molecule has 0 aliphatic rings. The third kappa shape index (κ3) is 1.83. The van der Waals surface area contributed by atoms with E-state index < -0.39 is 0 Å². The quantitative estimate of drug-likeness (QED) is 0.686. The topological polar surface area (TPSA) is 58.9 Å². The molecule has 0 unspecified atom stereocenters. The van der Waals surface area contributed by atoms with Gasteiger partial charge in [-0.2, -0.15) is 4.98 Å². The maximum atomic E-state index is 9.77. The zero-order valence-corrected chi connectivity index (χ0v) is 10.0. The maximum Gasteiger partial charge on any atom is 0.232 e. The molecule has 0 atom stereocenters. The van der Waals surface area contributed by atoms with Crippen molar-refractivity contribution in [3.63, 3.8) is 0 Å². The number of nitrogens with zero attached hydrogens (tertiary/aromatic N) is 3. The van der Waals surface area contributed by atoms with Gasteiger partial charge in [-0.15, -0.1) is 11.3 Å². The van der Waals surface area contributed by atoms with E-state index in [9.17, 15) is 5.11 Å². The van der Waals surface area contributed by atoms with Gasteiger partial charge in [0.15, 0.2) is 5.82 Å².